The van der Waals surface area contributed by atoms with Gasteiger partial charge in [0.25, 0.3) is 0 Å². The van der Waals surface area contributed by atoms with Gasteiger partial charge in [-0.15, -0.1) is 0 Å². The molecule has 0 amide bonds. The van der Waals surface area contributed by atoms with Gasteiger partial charge in [0.15, 0.2) is 21.5 Å². The molecule has 1 atom stereocenters. The third-order valence-electron chi connectivity index (χ3n) is 4.63. The molecule has 3 rings (SSSR count). The lowest BCUT2D eigenvalue weighted by Gasteiger charge is -2.13. The molecule has 2 aromatic rings. The summed E-state index contributed by atoms with van der Waals surface area (Å²) in [6.45, 7) is 7.48. The summed E-state index contributed by atoms with van der Waals surface area (Å²) in [6, 6.07) is 6.05. The second-order valence-corrected chi connectivity index (χ2v) is 8.99. The molecule has 0 spiro atoms. The summed E-state index contributed by atoms with van der Waals surface area (Å²) in [7, 11) is -3.22. The number of benzene rings is 1. The first-order valence-corrected chi connectivity index (χ1v) is 9.81. The van der Waals surface area contributed by atoms with Crippen LogP contribution in [0.3, 0.4) is 0 Å². The van der Waals surface area contributed by atoms with E-state index >= 15 is 0 Å². The highest BCUT2D eigenvalue weighted by atomic mass is 32.2. The molecule has 1 fully saturated rings. The summed E-state index contributed by atoms with van der Waals surface area (Å²) in [5, 5.41) is 3.96. The van der Waals surface area contributed by atoms with Crippen LogP contribution in [0.4, 0.5) is 0 Å². The van der Waals surface area contributed by atoms with Crippen LogP contribution < -0.4 is 0 Å². The van der Waals surface area contributed by atoms with E-state index < -0.39 is 15.1 Å². The maximum absolute atomic E-state index is 12.3. The van der Waals surface area contributed by atoms with Crippen LogP contribution in [0.25, 0.3) is 5.69 Å². The van der Waals surface area contributed by atoms with Gasteiger partial charge in [0.05, 0.1) is 5.69 Å². The number of nitrogens with zero attached hydrogens (tertiary/aromatic N) is 3. The van der Waals surface area contributed by atoms with Crippen LogP contribution in [0.15, 0.2) is 18.2 Å². The Morgan fingerprint density at radius 1 is 1.26 bits per heavy atom. The van der Waals surface area contributed by atoms with Crippen molar-refractivity contribution in [3.05, 3.63) is 41.0 Å². The summed E-state index contributed by atoms with van der Waals surface area (Å²) >= 11 is 0. The molecule has 1 aliphatic carbocycles. The molecule has 0 bridgehead atoms. The van der Waals surface area contributed by atoms with Crippen molar-refractivity contribution in [3.63, 3.8) is 0 Å². The van der Waals surface area contributed by atoms with Crippen LogP contribution in [0, 0.1) is 13.8 Å². The zero-order valence-electron chi connectivity index (χ0n) is 14.1. The van der Waals surface area contributed by atoms with Crippen molar-refractivity contribution < 1.29 is 8.42 Å². The standard InChI is InChI=1S/C17H23N3O2S/c1-5-23(21,22)13(4)17-18-16(14-7-8-14)19-20(17)15-9-6-11(2)12(3)10-15/h6,9-10,13-14H,5,7-8H2,1-4H3/t13-/m1/s1. The fraction of sp³-hybridized carbons (Fsp3) is 0.529. The quantitative estimate of drug-likeness (QED) is 0.842. The minimum absolute atomic E-state index is 0.104. The lowest BCUT2D eigenvalue weighted by atomic mass is 10.1. The molecular formula is C17H23N3O2S. The zero-order chi connectivity index (χ0) is 16.8. The Kier molecular flexibility index (Phi) is 4.04. The Hall–Kier alpha value is -1.69. The van der Waals surface area contributed by atoms with Crippen molar-refractivity contribution >= 4 is 9.84 Å². The third-order valence-corrected chi connectivity index (χ3v) is 6.72. The van der Waals surface area contributed by atoms with Crippen LogP contribution in [0.2, 0.25) is 0 Å². The van der Waals surface area contributed by atoms with Gasteiger partial charge in [-0.3, -0.25) is 0 Å². The zero-order valence-corrected chi connectivity index (χ0v) is 14.9. The lowest BCUT2D eigenvalue weighted by molar-refractivity contribution is 0.582. The molecule has 1 aromatic heterocycles. The van der Waals surface area contributed by atoms with Crippen molar-refractivity contribution in [2.75, 3.05) is 5.75 Å². The molecule has 0 aliphatic heterocycles. The van der Waals surface area contributed by atoms with Crippen molar-refractivity contribution in [3.8, 4) is 5.69 Å². The van der Waals surface area contributed by atoms with E-state index in [4.69, 9.17) is 0 Å². The summed E-state index contributed by atoms with van der Waals surface area (Å²) < 4.78 is 26.4. The van der Waals surface area contributed by atoms with Crippen LogP contribution in [-0.4, -0.2) is 28.9 Å². The summed E-state index contributed by atoms with van der Waals surface area (Å²) in [5.41, 5.74) is 3.23. The predicted octanol–water partition coefficient (Wildman–Crippen LogP) is 3.26. The fourth-order valence-electron chi connectivity index (χ4n) is 2.58. The Bertz CT molecular complexity index is 836. The van der Waals surface area contributed by atoms with E-state index in [-0.39, 0.29) is 5.75 Å². The minimum Gasteiger partial charge on any atom is -0.228 e. The molecule has 0 radical (unpaired) electrons. The molecule has 1 heterocycles. The van der Waals surface area contributed by atoms with Crippen LogP contribution in [-0.2, 0) is 9.84 Å². The summed E-state index contributed by atoms with van der Waals surface area (Å²) in [5.74, 6) is 1.79. The van der Waals surface area contributed by atoms with Gasteiger partial charge in [0, 0.05) is 11.7 Å². The Morgan fingerprint density at radius 2 is 1.96 bits per heavy atom. The van der Waals surface area contributed by atoms with Gasteiger partial charge < -0.3 is 0 Å². The normalized spacial score (nSPS) is 16.5. The maximum atomic E-state index is 12.3. The van der Waals surface area contributed by atoms with E-state index in [1.807, 2.05) is 25.1 Å². The molecule has 1 aromatic carbocycles. The third kappa shape index (κ3) is 3.04. The number of hydrogen-bond acceptors (Lipinski definition) is 4. The van der Waals surface area contributed by atoms with Crippen molar-refractivity contribution in [2.24, 2.45) is 0 Å². The molecule has 0 saturated heterocycles. The fourth-order valence-corrected chi connectivity index (χ4v) is 3.55. The highest BCUT2D eigenvalue weighted by Gasteiger charge is 2.33. The van der Waals surface area contributed by atoms with Gasteiger partial charge in [-0.2, -0.15) is 5.10 Å². The monoisotopic (exact) mass is 333 g/mol. The molecular weight excluding hydrogens is 310 g/mol. The second-order valence-electron chi connectivity index (χ2n) is 6.38. The summed E-state index contributed by atoms with van der Waals surface area (Å²) in [4.78, 5) is 4.59. The second kappa shape index (κ2) is 5.74. The largest absolute Gasteiger partial charge is 0.228 e. The first-order valence-electron chi connectivity index (χ1n) is 8.09. The van der Waals surface area contributed by atoms with Gasteiger partial charge in [-0.1, -0.05) is 13.0 Å². The smallest absolute Gasteiger partial charge is 0.159 e. The molecule has 23 heavy (non-hydrogen) atoms. The van der Waals surface area contributed by atoms with Gasteiger partial charge in [0.1, 0.15) is 5.25 Å². The average molecular weight is 333 g/mol. The van der Waals surface area contributed by atoms with Gasteiger partial charge in [0.2, 0.25) is 0 Å². The Labute approximate surface area is 137 Å². The highest BCUT2D eigenvalue weighted by molar-refractivity contribution is 7.91. The highest BCUT2D eigenvalue weighted by Crippen LogP contribution is 2.39. The molecule has 1 saturated carbocycles. The predicted molar refractivity (Wildman–Crippen MR) is 90.7 cm³/mol. The first-order chi connectivity index (χ1) is 10.8. The van der Waals surface area contributed by atoms with Crippen molar-refractivity contribution in [1.82, 2.24) is 14.8 Å². The topological polar surface area (TPSA) is 64.8 Å². The SMILES string of the molecule is CCS(=O)(=O)[C@H](C)c1nc(C2CC2)nn1-c1ccc(C)c(C)c1. The van der Waals surface area contributed by atoms with Gasteiger partial charge in [-0.05, 0) is 56.9 Å². The van der Waals surface area contributed by atoms with E-state index in [1.165, 1.54) is 5.56 Å². The molecule has 6 heteroatoms. The van der Waals surface area contributed by atoms with E-state index in [0.29, 0.717) is 11.7 Å². The van der Waals surface area contributed by atoms with Crippen molar-refractivity contribution in [1.29, 1.82) is 0 Å². The van der Waals surface area contributed by atoms with E-state index in [9.17, 15) is 8.42 Å². The molecule has 0 unspecified atom stereocenters. The average Bonchev–Trinajstić information content (AvgIpc) is 3.28. The van der Waals surface area contributed by atoms with Crippen LogP contribution in [0.1, 0.15) is 60.6 Å². The maximum Gasteiger partial charge on any atom is 0.159 e. The Morgan fingerprint density at radius 3 is 2.52 bits per heavy atom. The minimum atomic E-state index is -3.22. The Balaban J connectivity index is 2.13. The van der Waals surface area contributed by atoms with Gasteiger partial charge >= 0.3 is 0 Å². The van der Waals surface area contributed by atoms with Crippen molar-refractivity contribution in [2.45, 2.75) is 51.7 Å². The number of sulfone groups is 1. The molecule has 1 aliphatic rings. The number of rotatable bonds is 5. The number of aryl methyl sites for hydroxylation is 2. The lowest BCUT2D eigenvalue weighted by Crippen LogP contribution is -2.17. The number of hydrogen-bond donors (Lipinski definition) is 0. The van der Waals surface area contributed by atoms with Gasteiger partial charge in [-0.25, -0.2) is 18.1 Å². The first kappa shape index (κ1) is 16.2. The molecule has 124 valence electrons. The van der Waals surface area contributed by atoms with E-state index in [2.05, 4.69) is 17.0 Å². The van der Waals surface area contributed by atoms with E-state index in [1.54, 1.807) is 18.5 Å². The molecule has 5 nitrogen and oxygen atoms in total. The molecule has 0 N–H and O–H groups in total. The number of aromatic nitrogens is 3. The summed E-state index contributed by atoms with van der Waals surface area (Å²) in [6.07, 6.45) is 2.18. The van der Waals surface area contributed by atoms with Crippen LogP contribution in [0.5, 0.6) is 0 Å². The van der Waals surface area contributed by atoms with Crippen LogP contribution >= 0.6 is 0 Å². The van der Waals surface area contributed by atoms with E-state index in [0.717, 1.165) is 29.9 Å².